The quantitative estimate of drug-likeness (QED) is 0.791. The number of rotatable bonds is 4. The Morgan fingerprint density at radius 1 is 1.04 bits per heavy atom. The summed E-state index contributed by atoms with van der Waals surface area (Å²) in [5.41, 5.74) is 3.80. The molecule has 3 aromatic rings. The van der Waals surface area contributed by atoms with Gasteiger partial charge in [0.2, 0.25) is 5.88 Å². The van der Waals surface area contributed by atoms with Crippen LogP contribution in [0.2, 0.25) is 0 Å². The standard InChI is InChI=1S/C20H19N3O2/c24-18-4-3-17-14-23(10-7-16(17)11-18)13-15-1-5-19(6-2-15)25-20-12-21-8-9-22-20/h1-6,8-9,11-12,24H,7,10,13-14H2. The summed E-state index contributed by atoms with van der Waals surface area (Å²) in [5.74, 6) is 1.60. The third kappa shape index (κ3) is 3.78. The van der Waals surface area contributed by atoms with E-state index in [1.807, 2.05) is 24.3 Å². The Morgan fingerprint density at radius 2 is 1.92 bits per heavy atom. The monoisotopic (exact) mass is 333 g/mol. The maximum Gasteiger partial charge on any atom is 0.237 e. The summed E-state index contributed by atoms with van der Waals surface area (Å²) >= 11 is 0. The molecule has 1 aliphatic rings. The highest BCUT2D eigenvalue weighted by atomic mass is 16.5. The fourth-order valence-electron chi connectivity index (χ4n) is 3.11. The molecule has 0 aliphatic carbocycles. The van der Waals surface area contributed by atoms with Gasteiger partial charge in [-0.15, -0.1) is 0 Å². The van der Waals surface area contributed by atoms with Crippen molar-refractivity contribution < 1.29 is 9.84 Å². The van der Waals surface area contributed by atoms with Crippen LogP contribution in [-0.4, -0.2) is 26.5 Å². The van der Waals surface area contributed by atoms with Gasteiger partial charge in [0.15, 0.2) is 0 Å². The summed E-state index contributed by atoms with van der Waals surface area (Å²) in [6.07, 6.45) is 5.79. The van der Waals surface area contributed by atoms with Gasteiger partial charge in [-0.3, -0.25) is 9.88 Å². The number of phenols is 1. The molecule has 2 heterocycles. The van der Waals surface area contributed by atoms with Crippen LogP contribution >= 0.6 is 0 Å². The topological polar surface area (TPSA) is 58.5 Å². The lowest BCUT2D eigenvalue weighted by Crippen LogP contribution is -2.29. The number of nitrogens with zero attached hydrogens (tertiary/aromatic N) is 3. The lowest BCUT2D eigenvalue weighted by atomic mass is 9.99. The van der Waals surface area contributed by atoms with Crippen LogP contribution in [0.3, 0.4) is 0 Å². The fraction of sp³-hybridized carbons (Fsp3) is 0.200. The van der Waals surface area contributed by atoms with E-state index in [-0.39, 0.29) is 0 Å². The van der Waals surface area contributed by atoms with Crippen molar-refractivity contribution in [2.24, 2.45) is 0 Å². The average molecular weight is 333 g/mol. The van der Waals surface area contributed by atoms with Crippen LogP contribution in [0.4, 0.5) is 0 Å². The third-order valence-electron chi connectivity index (χ3n) is 4.37. The fourth-order valence-corrected chi connectivity index (χ4v) is 3.11. The van der Waals surface area contributed by atoms with Gasteiger partial charge in [0.05, 0.1) is 6.20 Å². The summed E-state index contributed by atoms with van der Waals surface area (Å²) in [4.78, 5) is 10.5. The number of phenolic OH excluding ortho intramolecular Hbond substituents is 1. The molecule has 0 amide bonds. The predicted molar refractivity (Wildman–Crippen MR) is 94.5 cm³/mol. The lowest BCUT2D eigenvalue weighted by molar-refractivity contribution is 0.245. The summed E-state index contributed by atoms with van der Waals surface area (Å²) in [6, 6.07) is 13.7. The number of hydrogen-bond acceptors (Lipinski definition) is 5. The number of benzene rings is 2. The number of fused-ring (bicyclic) bond motifs is 1. The second kappa shape index (κ2) is 6.91. The van der Waals surface area contributed by atoms with Crippen LogP contribution in [0, 0.1) is 0 Å². The SMILES string of the molecule is Oc1ccc2c(c1)CCN(Cc1ccc(Oc3cnccn3)cc1)C2. The first-order valence-electron chi connectivity index (χ1n) is 8.32. The van der Waals surface area contributed by atoms with E-state index in [0.717, 1.165) is 31.8 Å². The van der Waals surface area contributed by atoms with Gasteiger partial charge in [-0.2, -0.15) is 0 Å². The van der Waals surface area contributed by atoms with Crippen molar-refractivity contribution in [3.63, 3.8) is 0 Å². The Kier molecular flexibility index (Phi) is 4.31. The van der Waals surface area contributed by atoms with E-state index in [1.54, 1.807) is 24.7 Å². The van der Waals surface area contributed by atoms with Crippen molar-refractivity contribution in [3.8, 4) is 17.4 Å². The molecule has 1 N–H and O–H groups in total. The van der Waals surface area contributed by atoms with Gasteiger partial charge in [0, 0.05) is 32.0 Å². The summed E-state index contributed by atoms with van der Waals surface area (Å²) in [5, 5.41) is 9.59. The van der Waals surface area contributed by atoms with Crippen LogP contribution in [0.15, 0.2) is 61.1 Å². The summed E-state index contributed by atoms with van der Waals surface area (Å²) < 4.78 is 5.67. The van der Waals surface area contributed by atoms with E-state index < -0.39 is 0 Å². The average Bonchev–Trinajstić information content (AvgIpc) is 2.64. The zero-order chi connectivity index (χ0) is 17.1. The molecule has 0 saturated carbocycles. The Hall–Kier alpha value is -2.92. The van der Waals surface area contributed by atoms with E-state index >= 15 is 0 Å². The summed E-state index contributed by atoms with van der Waals surface area (Å²) in [7, 11) is 0. The van der Waals surface area contributed by atoms with Gasteiger partial charge in [-0.1, -0.05) is 18.2 Å². The van der Waals surface area contributed by atoms with E-state index in [9.17, 15) is 5.11 Å². The van der Waals surface area contributed by atoms with E-state index in [2.05, 4.69) is 27.0 Å². The van der Waals surface area contributed by atoms with Crippen LogP contribution < -0.4 is 4.74 Å². The minimum absolute atomic E-state index is 0.353. The molecule has 1 aromatic heterocycles. The third-order valence-corrected chi connectivity index (χ3v) is 4.37. The Bertz CT molecular complexity index is 851. The van der Waals surface area contributed by atoms with Gasteiger partial charge in [-0.25, -0.2) is 4.98 Å². The lowest BCUT2D eigenvalue weighted by Gasteiger charge is -2.28. The maximum atomic E-state index is 9.59. The molecule has 2 aromatic carbocycles. The van der Waals surface area contributed by atoms with Crippen LogP contribution in [0.1, 0.15) is 16.7 Å². The highest BCUT2D eigenvalue weighted by molar-refractivity contribution is 5.36. The molecular formula is C20H19N3O2. The van der Waals surface area contributed by atoms with Crippen molar-refractivity contribution in [3.05, 3.63) is 77.7 Å². The van der Waals surface area contributed by atoms with Crippen molar-refractivity contribution in [1.82, 2.24) is 14.9 Å². The highest BCUT2D eigenvalue weighted by Crippen LogP contribution is 2.25. The molecule has 0 saturated heterocycles. The Balaban J connectivity index is 1.39. The molecule has 0 fully saturated rings. The zero-order valence-electron chi connectivity index (χ0n) is 13.8. The molecule has 5 nitrogen and oxygen atoms in total. The molecular weight excluding hydrogens is 314 g/mol. The molecule has 0 atom stereocenters. The molecule has 1 aliphatic heterocycles. The minimum Gasteiger partial charge on any atom is -0.508 e. The van der Waals surface area contributed by atoms with Gasteiger partial charge in [0.1, 0.15) is 11.5 Å². The second-order valence-corrected chi connectivity index (χ2v) is 6.20. The van der Waals surface area contributed by atoms with Gasteiger partial charge in [0.25, 0.3) is 0 Å². The molecule has 25 heavy (non-hydrogen) atoms. The Morgan fingerprint density at radius 3 is 2.72 bits per heavy atom. The number of hydrogen-bond donors (Lipinski definition) is 1. The van der Waals surface area contributed by atoms with Gasteiger partial charge >= 0.3 is 0 Å². The van der Waals surface area contributed by atoms with Crippen molar-refractivity contribution in [2.75, 3.05) is 6.54 Å². The Labute approximate surface area is 146 Å². The smallest absolute Gasteiger partial charge is 0.237 e. The zero-order valence-corrected chi connectivity index (χ0v) is 13.8. The molecule has 0 radical (unpaired) electrons. The van der Waals surface area contributed by atoms with Gasteiger partial charge < -0.3 is 9.84 Å². The molecule has 0 unspecified atom stereocenters. The first kappa shape index (κ1) is 15.6. The van der Waals surface area contributed by atoms with Gasteiger partial charge in [-0.05, 0) is 47.4 Å². The maximum absolute atomic E-state index is 9.59. The molecule has 126 valence electrons. The van der Waals surface area contributed by atoms with Crippen LogP contribution in [-0.2, 0) is 19.5 Å². The predicted octanol–water partition coefficient (Wildman–Crippen LogP) is 3.53. The van der Waals surface area contributed by atoms with Crippen molar-refractivity contribution >= 4 is 0 Å². The van der Waals surface area contributed by atoms with Crippen LogP contribution in [0.25, 0.3) is 0 Å². The first-order valence-corrected chi connectivity index (χ1v) is 8.32. The van der Waals surface area contributed by atoms with E-state index in [0.29, 0.717) is 11.6 Å². The first-order chi connectivity index (χ1) is 12.3. The molecule has 4 rings (SSSR count). The number of aromatic hydroxyl groups is 1. The summed E-state index contributed by atoms with van der Waals surface area (Å²) in [6.45, 7) is 2.80. The number of aromatic nitrogens is 2. The molecule has 0 spiro atoms. The minimum atomic E-state index is 0.353. The number of ether oxygens (including phenoxy) is 1. The van der Waals surface area contributed by atoms with E-state index in [4.69, 9.17) is 4.74 Å². The second-order valence-electron chi connectivity index (χ2n) is 6.20. The highest BCUT2D eigenvalue weighted by Gasteiger charge is 2.16. The van der Waals surface area contributed by atoms with Crippen molar-refractivity contribution in [2.45, 2.75) is 19.5 Å². The van der Waals surface area contributed by atoms with Crippen molar-refractivity contribution in [1.29, 1.82) is 0 Å². The largest absolute Gasteiger partial charge is 0.508 e. The molecule has 0 bridgehead atoms. The van der Waals surface area contributed by atoms with E-state index in [1.165, 1.54) is 16.7 Å². The normalized spacial score (nSPS) is 14.1. The van der Waals surface area contributed by atoms with Crippen LogP contribution in [0.5, 0.6) is 17.4 Å². The molecule has 5 heteroatoms.